The van der Waals surface area contributed by atoms with Crippen LogP contribution in [0.4, 0.5) is 0 Å². The quantitative estimate of drug-likeness (QED) is 0.681. The van der Waals surface area contributed by atoms with Crippen LogP contribution >= 0.6 is 0 Å². The van der Waals surface area contributed by atoms with Gasteiger partial charge in [0.15, 0.2) is 0 Å². The molecule has 0 saturated carbocycles. The molecule has 0 aliphatic rings. The largest absolute Gasteiger partial charge is 0.477 e. The van der Waals surface area contributed by atoms with Crippen LogP contribution in [0.1, 0.15) is 21.7 Å². The number of benzene rings is 2. The van der Waals surface area contributed by atoms with E-state index < -0.39 is 11.9 Å². The van der Waals surface area contributed by atoms with Gasteiger partial charge in [0, 0.05) is 17.2 Å². The molecule has 0 saturated heterocycles. The number of nitrogens with one attached hydrogen (secondary N) is 1. The Morgan fingerprint density at radius 2 is 1.65 bits per heavy atom. The van der Waals surface area contributed by atoms with E-state index in [1.807, 2.05) is 37.3 Å². The molecule has 1 aromatic heterocycles. The van der Waals surface area contributed by atoms with E-state index in [1.54, 1.807) is 36.4 Å². The van der Waals surface area contributed by atoms with Gasteiger partial charge in [-0.15, -0.1) is 0 Å². The summed E-state index contributed by atoms with van der Waals surface area (Å²) in [5.74, 6) is -0.784. The number of furan rings is 1. The molecule has 3 aromatic rings. The van der Waals surface area contributed by atoms with Crippen LogP contribution in [0.5, 0.6) is 0 Å². The standard InChI is InChI=1S/C21H17NO4/c1-14-7-9-16(10-8-14)20(23)22-18(21(24)25)13-17-11-12-19(26-17)15-5-3-2-4-6-15/h2-13H,1H3,(H,22,23)(H,24,25). The first kappa shape index (κ1) is 17.2. The Labute approximate surface area is 150 Å². The molecule has 0 unspecified atom stereocenters. The molecule has 0 spiro atoms. The van der Waals surface area contributed by atoms with Crippen molar-refractivity contribution in [3.8, 4) is 11.3 Å². The van der Waals surface area contributed by atoms with Gasteiger partial charge in [-0.1, -0.05) is 48.0 Å². The van der Waals surface area contributed by atoms with Crippen molar-refractivity contribution >= 4 is 18.0 Å². The van der Waals surface area contributed by atoms with Crippen molar-refractivity contribution in [3.63, 3.8) is 0 Å². The zero-order valence-corrected chi connectivity index (χ0v) is 14.1. The third-order valence-corrected chi connectivity index (χ3v) is 3.76. The van der Waals surface area contributed by atoms with Gasteiger partial charge in [-0.25, -0.2) is 4.79 Å². The van der Waals surface area contributed by atoms with Crippen molar-refractivity contribution in [2.24, 2.45) is 0 Å². The molecular weight excluding hydrogens is 330 g/mol. The zero-order chi connectivity index (χ0) is 18.5. The summed E-state index contributed by atoms with van der Waals surface area (Å²) < 4.78 is 5.66. The Balaban J connectivity index is 1.82. The van der Waals surface area contributed by atoms with Crippen LogP contribution in [0.2, 0.25) is 0 Å². The van der Waals surface area contributed by atoms with Crippen LogP contribution in [0.3, 0.4) is 0 Å². The van der Waals surface area contributed by atoms with Crippen LogP contribution in [0, 0.1) is 6.92 Å². The number of aryl methyl sites for hydroxylation is 1. The average Bonchev–Trinajstić information content (AvgIpc) is 3.11. The van der Waals surface area contributed by atoms with Crippen molar-refractivity contribution in [1.82, 2.24) is 5.32 Å². The number of amides is 1. The predicted molar refractivity (Wildman–Crippen MR) is 98.4 cm³/mol. The Morgan fingerprint density at radius 3 is 2.31 bits per heavy atom. The van der Waals surface area contributed by atoms with Gasteiger partial charge in [0.2, 0.25) is 0 Å². The summed E-state index contributed by atoms with van der Waals surface area (Å²) in [4.78, 5) is 23.7. The molecule has 2 N–H and O–H groups in total. The van der Waals surface area contributed by atoms with E-state index in [2.05, 4.69) is 5.32 Å². The molecule has 0 bridgehead atoms. The average molecular weight is 347 g/mol. The number of rotatable bonds is 5. The topological polar surface area (TPSA) is 79.5 Å². The van der Waals surface area contributed by atoms with E-state index in [-0.39, 0.29) is 5.70 Å². The Kier molecular flexibility index (Phi) is 4.99. The minimum Gasteiger partial charge on any atom is -0.477 e. The summed E-state index contributed by atoms with van der Waals surface area (Å²) in [6, 6.07) is 19.7. The van der Waals surface area contributed by atoms with E-state index in [4.69, 9.17) is 4.42 Å². The number of carboxylic acids is 1. The summed E-state index contributed by atoms with van der Waals surface area (Å²) in [7, 11) is 0. The Morgan fingerprint density at radius 1 is 0.962 bits per heavy atom. The highest BCUT2D eigenvalue weighted by Crippen LogP contribution is 2.23. The zero-order valence-electron chi connectivity index (χ0n) is 14.1. The van der Waals surface area contributed by atoms with Crippen molar-refractivity contribution in [3.05, 3.63) is 89.3 Å². The summed E-state index contributed by atoms with van der Waals surface area (Å²) in [6.07, 6.45) is 1.29. The number of carbonyl (C=O) groups excluding carboxylic acids is 1. The van der Waals surface area contributed by atoms with Gasteiger partial charge in [-0.2, -0.15) is 0 Å². The van der Waals surface area contributed by atoms with Crippen LogP contribution < -0.4 is 5.32 Å². The number of carboxylic acid groups (broad SMARTS) is 1. The van der Waals surface area contributed by atoms with Crippen molar-refractivity contribution in [2.45, 2.75) is 6.92 Å². The third-order valence-electron chi connectivity index (χ3n) is 3.76. The lowest BCUT2D eigenvalue weighted by Crippen LogP contribution is -2.27. The minimum absolute atomic E-state index is 0.260. The fraction of sp³-hybridized carbons (Fsp3) is 0.0476. The molecule has 5 heteroatoms. The Bertz CT molecular complexity index is 953. The number of hydrogen-bond donors (Lipinski definition) is 2. The van der Waals surface area contributed by atoms with Gasteiger partial charge in [0.1, 0.15) is 17.2 Å². The van der Waals surface area contributed by atoms with Gasteiger partial charge >= 0.3 is 5.97 Å². The Hall–Kier alpha value is -3.60. The normalized spacial score (nSPS) is 11.2. The highest BCUT2D eigenvalue weighted by Gasteiger charge is 2.14. The predicted octanol–water partition coefficient (Wildman–Crippen LogP) is 4.11. The van der Waals surface area contributed by atoms with Crippen molar-refractivity contribution in [2.75, 3.05) is 0 Å². The van der Waals surface area contributed by atoms with E-state index in [0.29, 0.717) is 17.1 Å². The summed E-state index contributed by atoms with van der Waals surface area (Å²) in [5, 5.41) is 11.8. The molecule has 2 aromatic carbocycles. The third kappa shape index (κ3) is 4.08. The van der Waals surface area contributed by atoms with E-state index in [9.17, 15) is 14.7 Å². The fourth-order valence-corrected chi connectivity index (χ4v) is 2.38. The molecule has 0 atom stereocenters. The fourth-order valence-electron chi connectivity index (χ4n) is 2.38. The number of carbonyl (C=O) groups is 2. The van der Waals surface area contributed by atoms with E-state index in [0.717, 1.165) is 11.1 Å². The molecule has 0 fully saturated rings. The maximum Gasteiger partial charge on any atom is 0.352 e. The minimum atomic E-state index is -1.25. The lowest BCUT2D eigenvalue weighted by molar-refractivity contribution is -0.132. The molecule has 130 valence electrons. The van der Waals surface area contributed by atoms with E-state index in [1.165, 1.54) is 6.08 Å². The first-order chi connectivity index (χ1) is 12.5. The summed E-state index contributed by atoms with van der Waals surface area (Å²) in [5.41, 5.74) is 2.02. The lowest BCUT2D eigenvalue weighted by Gasteiger charge is -2.06. The van der Waals surface area contributed by atoms with Gasteiger partial charge < -0.3 is 14.8 Å². The molecule has 0 aliphatic carbocycles. The molecule has 1 amide bonds. The maximum atomic E-state index is 12.2. The molecule has 1 heterocycles. The molecule has 0 aliphatic heterocycles. The molecule has 26 heavy (non-hydrogen) atoms. The first-order valence-corrected chi connectivity index (χ1v) is 8.01. The number of aliphatic carboxylic acids is 1. The smallest absolute Gasteiger partial charge is 0.352 e. The first-order valence-electron chi connectivity index (χ1n) is 8.01. The van der Waals surface area contributed by atoms with Gasteiger partial charge in [-0.3, -0.25) is 4.79 Å². The monoisotopic (exact) mass is 347 g/mol. The molecule has 3 rings (SSSR count). The van der Waals surface area contributed by atoms with Crippen LogP contribution in [0.15, 0.2) is 76.8 Å². The summed E-state index contributed by atoms with van der Waals surface area (Å²) in [6.45, 7) is 1.91. The summed E-state index contributed by atoms with van der Waals surface area (Å²) >= 11 is 0. The van der Waals surface area contributed by atoms with Gasteiger partial charge in [0.25, 0.3) is 5.91 Å². The molecule has 0 radical (unpaired) electrons. The SMILES string of the molecule is Cc1ccc(C(=O)NC(=Cc2ccc(-c3ccccc3)o2)C(=O)O)cc1. The molecular formula is C21H17NO4. The van der Waals surface area contributed by atoms with Crippen LogP contribution in [0.25, 0.3) is 17.4 Å². The van der Waals surface area contributed by atoms with Gasteiger partial charge in [0.05, 0.1) is 0 Å². The highest BCUT2D eigenvalue weighted by atomic mass is 16.4. The van der Waals surface area contributed by atoms with Crippen molar-refractivity contribution in [1.29, 1.82) is 0 Å². The second-order valence-corrected chi connectivity index (χ2v) is 5.75. The van der Waals surface area contributed by atoms with Crippen molar-refractivity contribution < 1.29 is 19.1 Å². The number of hydrogen-bond acceptors (Lipinski definition) is 3. The second-order valence-electron chi connectivity index (χ2n) is 5.75. The second kappa shape index (κ2) is 7.53. The van der Waals surface area contributed by atoms with Crippen LogP contribution in [-0.2, 0) is 4.79 Å². The maximum absolute atomic E-state index is 12.2. The van der Waals surface area contributed by atoms with Gasteiger partial charge in [-0.05, 0) is 31.2 Å². The lowest BCUT2D eigenvalue weighted by atomic mass is 10.1. The molecule has 5 nitrogen and oxygen atoms in total. The van der Waals surface area contributed by atoms with E-state index >= 15 is 0 Å². The highest BCUT2D eigenvalue weighted by molar-refractivity contribution is 6.02. The van der Waals surface area contributed by atoms with Crippen LogP contribution in [-0.4, -0.2) is 17.0 Å².